The summed E-state index contributed by atoms with van der Waals surface area (Å²) in [6.45, 7) is 2.00. The molecule has 0 saturated heterocycles. The molecule has 0 fully saturated rings. The number of benzene rings is 2. The van der Waals surface area contributed by atoms with E-state index in [0.29, 0.717) is 26.2 Å². The van der Waals surface area contributed by atoms with E-state index in [2.05, 4.69) is 20.1 Å². The molecule has 0 aliphatic rings. The van der Waals surface area contributed by atoms with Gasteiger partial charge in [-0.3, -0.25) is 9.89 Å². The fourth-order valence-corrected chi connectivity index (χ4v) is 4.47. The fraction of sp³-hybridized carbons (Fsp3) is 0.0526. The molecule has 30 heavy (non-hydrogen) atoms. The van der Waals surface area contributed by atoms with Gasteiger partial charge in [0, 0.05) is 11.2 Å². The Bertz CT molecular complexity index is 1340. The number of aryl methyl sites for hydroxylation is 1. The molecule has 2 aromatic carbocycles. The molecule has 0 aliphatic heterocycles. The highest BCUT2D eigenvalue weighted by molar-refractivity contribution is 7.21. The smallest absolute Gasteiger partial charge is 0.291 e. The Hall–Kier alpha value is -2.65. The zero-order valence-corrected chi connectivity index (χ0v) is 18.4. The van der Waals surface area contributed by atoms with E-state index in [1.165, 1.54) is 16.8 Å². The summed E-state index contributed by atoms with van der Waals surface area (Å²) in [5, 5.41) is 4.01. The van der Waals surface area contributed by atoms with E-state index in [9.17, 15) is 4.79 Å². The van der Waals surface area contributed by atoms with Gasteiger partial charge in [-0.05, 0) is 24.6 Å². The Kier molecular flexibility index (Phi) is 5.66. The third-order valence-corrected chi connectivity index (χ3v) is 5.80. The van der Waals surface area contributed by atoms with Crippen molar-refractivity contribution in [3.8, 4) is 5.69 Å². The average molecular weight is 480 g/mol. The Morgan fingerprint density at radius 3 is 2.50 bits per heavy atom. The number of fused-ring (bicyclic) bond motifs is 1. The summed E-state index contributed by atoms with van der Waals surface area (Å²) in [5.41, 5.74) is 8.18. The molecule has 0 spiro atoms. The van der Waals surface area contributed by atoms with Crippen molar-refractivity contribution in [1.29, 1.82) is 0 Å². The van der Waals surface area contributed by atoms with Gasteiger partial charge >= 0.3 is 0 Å². The molecule has 2 heterocycles. The van der Waals surface area contributed by atoms with E-state index in [4.69, 9.17) is 40.5 Å². The first-order valence-electron chi connectivity index (χ1n) is 8.53. The van der Waals surface area contributed by atoms with Crippen molar-refractivity contribution >= 4 is 73.8 Å². The standard InChI is InChI=1S/C19H13Cl3N6OS/c1-9-2-4-10(5-3-9)8-24-18(23)26-19-25-16-15(30-19)17(29)28(27-16)14-12(21)6-11(20)7-13(14)22/h2-8,27H,1H3,(H2,23,25,26)/b24-8-. The summed E-state index contributed by atoms with van der Waals surface area (Å²) in [6.07, 6.45) is 1.61. The number of hydrogen-bond acceptors (Lipinski definition) is 4. The highest BCUT2D eigenvalue weighted by Crippen LogP contribution is 2.32. The maximum Gasteiger partial charge on any atom is 0.291 e. The molecule has 0 aliphatic carbocycles. The Morgan fingerprint density at radius 2 is 1.87 bits per heavy atom. The predicted octanol–water partition coefficient (Wildman–Crippen LogP) is 5.11. The molecule has 0 amide bonds. The fourth-order valence-electron chi connectivity index (χ4n) is 2.66. The van der Waals surface area contributed by atoms with Crippen molar-refractivity contribution in [2.75, 3.05) is 0 Å². The lowest BCUT2D eigenvalue weighted by Gasteiger charge is -2.07. The SMILES string of the molecule is Cc1ccc(/C=N\C(N)=N\c2nc3[nH]n(-c4c(Cl)cc(Cl)cc4Cl)c(=O)c3s2)cc1. The summed E-state index contributed by atoms with van der Waals surface area (Å²) in [5.74, 6) is 0.0242. The first-order valence-corrected chi connectivity index (χ1v) is 10.5. The Labute approximate surface area is 189 Å². The number of nitrogens with two attached hydrogens (primary N) is 1. The van der Waals surface area contributed by atoms with Gasteiger partial charge in [-0.15, -0.1) is 0 Å². The van der Waals surface area contributed by atoms with Crippen LogP contribution in [0, 0.1) is 6.92 Å². The molecule has 11 heteroatoms. The van der Waals surface area contributed by atoms with Gasteiger partial charge in [0.1, 0.15) is 10.4 Å². The Balaban J connectivity index is 1.65. The van der Waals surface area contributed by atoms with Crippen molar-refractivity contribution in [3.05, 3.63) is 72.9 Å². The third-order valence-electron chi connectivity index (χ3n) is 4.07. The second kappa shape index (κ2) is 8.23. The van der Waals surface area contributed by atoms with Crippen LogP contribution in [0.15, 0.2) is 51.2 Å². The van der Waals surface area contributed by atoms with Gasteiger partial charge in [0.2, 0.25) is 11.1 Å². The molecule has 0 unspecified atom stereocenters. The number of hydrogen-bond donors (Lipinski definition) is 2. The van der Waals surface area contributed by atoms with Crippen molar-refractivity contribution < 1.29 is 0 Å². The van der Waals surface area contributed by atoms with Crippen LogP contribution in [0.1, 0.15) is 11.1 Å². The van der Waals surface area contributed by atoms with Crippen LogP contribution < -0.4 is 11.3 Å². The topological polar surface area (TPSA) is 101 Å². The van der Waals surface area contributed by atoms with Crippen molar-refractivity contribution in [2.45, 2.75) is 6.92 Å². The first-order chi connectivity index (χ1) is 14.3. The predicted molar refractivity (Wildman–Crippen MR) is 125 cm³/mol. The van der Waals surface area contributed by atoms with Crippen LogP contribution in [0.5, 0.6) is 0 Å². The van der Waals surface area contributed by atoms with E-state index in [-0.39, 0.29) is 21.6 Å². The molecule has 4 aromatic rings. The van der Waals surface area contributed by atoms with Crippen LogP contribution >= 0.6 is 46.1 Å². The number of aromatic nitrogens is 3. The molecule has 4 rings (SSSR count). The summed E-state index contributed by atoms with van der Waals surface area (Å²) in [7, 11) is 0. The molecule has 0 atom stereocenters. The van der Waals surface area contributed by atoms with Gasteiger partial charge in [0.15, 0.2) is 5.65 Å². The molecule has 2 aromatic heterocycles. The minimum absolute atomic E-state index is 0.0242. The van der Waals surface area contributed by atoms with Gasteiger partial charge in [-0.1, -0.05) is 76.0 Å². The minimum atomic E-state index is -0.364. The first kappa shape index (κ1) is 20.6. The van der Waals surface area contributed by atoms with Crippen LogP contribution in [0.4, 0.5) is 5.13 Å². The molecule has 152 valence electrons. The normalized spacial score (nSPS) is 12.3. The summed E-state index contributed by atoms with van der Waals surface area (Å²) in [6, 6.07) is 10.8. The number of guanidine groups is 1. The van der Waals surface area contributed by atoms with Gasteiger partial charge in [0.25, 0.3) is 5.56 Å². The van der Waals surface area contributed by atoms with Gasteiger partial charge in [-0.25, -0.2) is 9.67 Å². The zero-order chi connectivity index (χ0) is 21.4. The minimum Gasteiger partial charge on any atom is -0.368 e. The number of rotatable bonds is 3. The number of thiazole rings is 1. The van der Waals surface area contributed by atoms with Crippen molar-refractivity contribution in [1.82, 2.24) is 14.8 Å². The van der Waals surface area contributed by atoms with Crippen LogP contribution in [0.3, 0.4) is 0 Å². The number of aliphatic imine (C=N–C) groups is 2. The average Bonchev–Trinajstić information content (AvgIpc) is 3.19. The van der Waals surface area contributed by atoms with Crippen molar-refractivity contribution in [3.63, 3.8) is 0 Å². The number of H-pyrrole nitrogens is 1. The lowest BCUT2D eigenvalue weighted by Crippen LogP contribution is -2.15. The quantitative estimate of drug-likeness (QED) is 0.315. The molecule has 7 nitrogen and oxygen atoms in total. The Morgan fingerprint density at radius 1 is 1.20 bits per heavy atom. The number of halogens is 3. The molecular weight excluding hydrogens is 467 g/mol. The second-order valence-electron chi connectivity index (χ2n) is 6.28. The molecule has 0 saturated carbocycles. The molecular formula is C19H13Cl3N6OS. The molecule has 0 bridgehead atoms. The monoisotopic (exact) mass is 478 g/mol. The lowest BCUT2D eigenvalue weighted by molar-refractivity contribution is 0.859. The van der Waals surface area contributed by atoms with Crippen LogP contribution in [0.25, 0.3) is 16.0 Å². The maximum atomic E-state index is 12.8. The van der Waals surface area contributed by atoms with E-state index in [0.717, 1.165) is 22.5 Å². The van der Waals surface area contributed by atoms with Gasteiger partial charge in [0.05, 0.1) is 10.0 Å². The van der Waals surface area contributed by atoms with E-state index in [1.807, 2.05) is 31.2 Å². The number of nitrogens with zero attached hydrogens (tertiary/aromatic N) is 4. The van der Waals surface area contributed by atoms with Gasteiger partial charge < -0.3 is 5.73 Å². The van der Waals surface area contributed by atoms with Gasteiger partial charge in [-0.2, -0.15) is 9.98 Å². The molecule has 3 N–H and O–H groups in total. The summed E-state index contributed by atoms with van der Waals surface area (Å²) < 4.78 is 1.58. The summed E-state index contributed by atoms with van der Waals surface area (Å²) >= 11 is 19.4. The number of aromatic amines is 1. The highest BCUT2D eigenvalue weighted by Gasteiger charge is 2.18. The lowest BCUT2D eigenvalue weighted by atomic mass is 10.2. The molecule has 0 radical (unpaired) electrons. The second-order valence-corrected chi connectivity index (χ2v) is 8.51. The maximum absolute atomic E-state index is 12.8. The highest BCUT2D eigenvalue weighted by atomic mass is 35.5. The summed E-state index contributed by atoms with van der Waals surface area (Å²) in [4.78, 5) is 25.4. The number of nitrogens with one attached hydrogen (secondary N) is 1. The van der Waals surface area contributed by atoms with E-state index in [1.54, 1.807) is 6.21 Å². The third kappa shape index (κ3) is 4.13. The zero-order valence-electron chi connectivity index (χ0n) is 15.4. The van der Waals surface area contributed by atoms with Crippen LogP contribution in [-0.2, 0) is 0 Å². The van der Waals surface area contributed by atoms with Crippen LogP contribution in [0.2, 0.25) is 15.1 Å². The van der Waals surface area contributed by atoms with Crippen LogP contribution in [-0.4, -0.2) is 26.9 Å². The largest absolute Gasteiger partial charge is 0.368 e. The van der Waals surface area contributed by atoms with E-state index < -0.39 is 0 Å². The van der Waals surface area contributed by atoms with Crippen molar-refractivity contribution in [2.24, 2.45) is 15.7 Å². The van der Waals surface area contributed by atoms with E-state index >= 15 is 0 Å².